The smallest absolute Gasteiger partial charge is 0.135 e. The number of halogens is 2. The Balaban J connectivity index is 2.07. The van der Waals surface area contributed by atoms with Crippen LogP contribution in [0.4, 0.5) is 0 Å². The van der Waals surface area contributed by atoms with Gasteiger partial charge in [0.15, 0.2) is 0 Å². The van der Waals surface area contributed by atoms with Gasteiger partial charge < -0.3 is 20.3 Å². The molecule has 1 heterocycles. The first kappa shape index (κ1) is 15.4. The molecule has 3 atom stereocenters. The highest BCUT2D eigenvalue weighted by atomic mass is 35.5. The summed E-state index contributed by atoms with van der Waals surface area (Å²) in [7, 11) is 0. The second kappa shape index (κ2) is 7.13. The van der Waals surface area contributed by atoms with Crippen LogP contribution in [-0.2, 0) is 9.47 Å². The number of aliphatic hydroxyl groups is 1. The van der Waals surface area contributed by atoms with Crippen LogP contribution in [0.5, 0.6) is 0 Å². The highest BCUT2D eigenvalue weighted by Gasteiger charge is 2.29. The molecule has 0 aliphatic carbocycles. The van der Waals surface area contributed by atoms with Crippen LogP contribution in [0.3, 0.4) is 0 Å². The lowest BCUT2D eigenvalue weighted by Gasteiger charge is -2.29. The fourth-order valence-corrected chi connectivity index (χ4v) is 3.10. The maximum absolute atomic E-state index is 10.1. The van der Waals surface area contributed by atoms with Gasteiger partial charge in [0.1, 0.15) is 11.5 Å². The zero-order chi connectivity index (χ0) is 13.8. The van der Waals surface area contributed by atoms with Crippen LogP contribution in [-0.4, -0.2) is 42.5 Å². The second-order valence-electron chi connectivity index (χ2n) is 4.16. The minimum atomic E-state index is -0.806. The van der Waals surface area contributed by atoms with Crippen LogP contribution < -0.4 is 5.73 Å². The zero-order valence-electron chi connectivity index (χ0n) is 10.1. The molecule has 4 nitrogen and oxygen atoms in total. The van der Waals surface area contributed by atoms with Gasteiger partial charge in [-0.25, -0.2) is 0 Å². The minimum Gasteiger partial charge on any atom is -0.388 e. The highest BCUT2D eigenvalue weighted by molar-refractivity contribution is 7.99. The summed E-state index contributed by atoms with van der Waals surface area (Å²) in [6, 6.07) is 4.81. The van der Waals surface area contributed by atoms with Gasteiger partial charge in [0, 0.05) is 4.90 Å². The standard InChI is InChI=1S/C12H15Cl2NO3S/c13-8-2-1-7(5-9(8)14)19-12-11(16)10(15)6-17-3-4-18-12/h1-2,5,10-12,16H,3-4,6,15H2/t10-,11?,12?/m1/s1. The van der Waals surface area contributed by atoms with Crippen molar-refractivity contribution in [3.63, 3.8) is 0 Å². The third kappa shape index (κ3) is 4.23. The number of hydrogen-bond donors (Lipinski definition) is 2. The lowest BCUT2D eigenvalue weighted by Crippen LogP contribution is -2.47. The normalized spacial score (nSPS) is 28.7. The topological polar surface area (TPSA) is 64.7 Å². The molecule has 1 aliphatic rings. The van der Waals surface area contributed by atoms with Gasteiger partial charge in [-0.2, -0.15) is 0 Å². The number of hydrogen-bond acceptors (Lipinski definition) is 5. The summed E-state index contributed by atoms with van der Waals surface area (Å²) >= 11 is 13.2. The van der Waals surface area contributed by atoms with Crippen molar-refractivity contribution in [2.75, 3.05) is 19.8 Å². The van der Waals surface area contributed by atoms with Crippen molar-refractivity contribution < 1.29 is 14.6 Å². The van der Waals surface area contributed by atoms with E-state index in [0.717, 1.165) is 4.90 Å². The van der Waals surface area contributed by atoms with Gasteiger partial charge in [-0.05, 0) is 18.2 Å². The number of nitrogens with two attached hydrogens (primary N) is 1. The number of benzene rings is 1. The van der Waals surface area contributed by atoms with E-state index < -0.39 is 17.6 Å². The van der Waals surface area contributed by atoms with Gasteiger partial charge in [0.2, 0.25) is 0 Å². The van der Waals surface area contributed by atoms with Crippen LogP contribution in [0.15, 0.2) is 23.1 Å². The first-order chi connectivity index (χ1) is 9.08. The predicted octanol–water partition coefficient (Wildman–Crippen LogP) is 2.15. The number of rotatable bonds is 2. The molecule has 106 valence electrons. The third-order valence-electron chi connectivity index (χ3n) is 2.68. The molecule has 19 heavy (non-hydrogen) atoms. The number of thioether (sulfide) groups is 1. The lowest BCUT2D eigenvalue weighted by molar-refractivity contribution is -0.0615. The lowest BCUT2D eigenvalue weighted by atomic mass is 10.2. The van der Waals surface area contributed by atoms with Crippen LogP contribution >= 0.6 is 35.0 Å². The highest BCUT2D eigenvalue weighted by Crippen LogP contribution is 2.32. The van der Waals surface area contributed by atoms with Gasteiger partial charge in [-0.3, -0.25) is 0 Å². The maximum atomic E-state index is 10.1. The van der Waals surface area contributed by atoms with E-state index in [1.807, 2.05) is 6.07 Å². The van der Waals surface area contributed by atoms with Crippen molar-refractivity contribution in [1.29, 1.82) is 0 Å². The largest absolute Gasteiger partial charge is 0.388 e. The summed E-state index contributed by atoms with van der Waals surface area (Å²) in [5, 5.41) is 11.1. The van der Waals surface area contributed by atoms with Gasteiger partial charge in [0.05, 0.1) is 35.9 Å². The second-order valence-corrected chi connectivity index (χ2v) is 6.15. The van der Waals surface area contributed by atoms with Gasteiger partial charge in [-0.15, -0.1) is 0 Å². The molecule has 0 aromatic heterocycles. The van der Waals surface area contributed by atoms with E-state index in [1.165, 1.54) is 11.8 Å². The summed E-state index contributed by atoms with van der Waals surface area (Å²) in [4.78, 5) is 0.868. The summed E-state index contributed by atoms with van der Waals surface area (Å²) in [5.74, 6) is 0. The zero-order valence-corrected chi connectivity index (χ0v) is 12.4. The average molecular weight is 324 g/mol. The fraction of sp³-hybridized carbons (Fsp3) is 0.500. The Morgan fingerprint density at radius 3 is 2.79 bits per heavy atom. The molecule has 0 bridgehead atoms. The molecule has 1 aromatic carbocycles. The Kier molecular flexibility index (Phi) is 5.77. The Morgan fingerprint density at radius 2 is 2.05 bits per heavy atom. The van der Waals surface area contributed by atoms with E-state index >= 15 is 0 Å². The van der Waals surface area contributed by atoms with Crippen molar-refractivity contribution in [2.45, 2.75) is 22.5 Å². The fourth-order valence-electron chi connectivity index (χ4n) is 1.63. The number of ether oxygens (including phenoxy) is 2. The van der Waals surface area contributed by atoms with Crippen molar-refractivity contribution in [1.82, 2.24) is 0 Å². The van der Waals surface area contributed by atoms with Crippen molar-refractivity contribution >= 4 is 35.0 Å². The third-order valence-corrected chi connectivity index (χ3v) is 4.59. The quantitative estimate of drug-likeness (QED) is 0.873. The van der Waals surface area contributed by atoms with Crippen molar-refractivity contribution in [2.24, 2.45) is 5.73 Å². The molecular weight excluding hydrogens is 309 g/mol. The first-order valence-electron chi connectivity index (χ1n) is 5.82. The summed E-state index contributed by atoms with van der Waals surface area (Å²) in [6.45, 7) is 1.21. The molecule has 1 fully saturated rings. The minimum absolute atomic E-state index is 0.322. The van der Waals surface area contributed by atoms with Gasteiger partial charge in [0.25, 0.3) is 0 Å². The van der Waals surface area contributed by atoms with Crippen molar-refractivity contribution in [3.05, 3.63) is 28.2 Å². The molecule has 3 N–H and O–H groups in total. The van der Waals surface area contributed by atoms with E-state index in [4.69, 9.17) is 38.4 Å². The van der Waals surface area contributed by atoms with E-state index in [9.17, 15) is 5.11 Å². The maximum Gasteiger partial charge on any atom is 0.135 e. The molecule has 7 heteroatoms. The van der Waals surface area contributed by atoms with E-state index in [0.29, 0.717) is 29.9 Å². The summed E-state index contributed by atoms with van der Waals surface area (Å²) in [5.41, 5.74) is 5.38. The molecule has 0 saturated carbocycles. The van der Waals surface area contributed by atoms with Crippen LogP contribution in [0, 0.1) is 0 Å². The molecule has 1 aromatic rings. The molecule has 0 spiro atoms. The van der Waals surface area contributed by atoms with Crippen LogP contribution in [0.2, 0.25) is 10.0 Å². The van der Waals surface area contributed by atoms with Gasteiger partial charge in [-0.1, -0.05) is 35.0 Å². The molecular formula is C12H15Cl2NO3S. The Hall–Kier alpha value is -0.0100. The molecule has 1 aliphatic heterocycles. The van der Waals surface area contributed by atoms with Gasteiger partial charge >= 0.3 is 0 Å². The summed E-state index contributed by atoms with van der Waals surface area (Å²) < 4.78 is 10.8. The average Bonchev–Trinajstić information content (AvgIpc) is 2.38. The summed E-state index contributed by atoms with van der Waals surface area (Å²) in [6.07, 6.45) is -0.806. The van der Waals surface area contributed by atoms with E-state index in [2.05, 4.69) is 0 Å². The predicted molar refractivity (Wildman–Crippen MR) is 76.9 cm³/mol. The molecule has 2 unspecified atom stereocenters. The first-order valence-corrected chi connectivity index (χ1v) is 7.46. The Labute approximate surface area is 126 Å². The Bertz CT molecular complexity index is 435. The molecule has 2 rings (SSSR count). The van der Waals surface area contributed by atoms with Crippen LogP contribution in [0.25, 0.3) is 0 Å². The van der Waals surface area contributed by atoms with E-state index in [1.54, 1.807) is 12.1 Å². The number of aliphatic hydroxyl groups excluding tert-OH is 1. The van der Waals surface area contributed by atoms with Crippen molar-refractivity contribution in [3.8, 4) is 0 Å². The molecule has 0 amide bonds. The molecule has 1 saturated heterocycles. The Morgan fingerprint density at radius 1 is 1.26 bits per heavy atom. The van der Waals surface area contributed by atoms with Crippen LogP contribution in [0.1, 0.15) is 0 Å². The SMILES string of the molecule is N[C@@H]1COCCOC(Sc2ccc(Cl)c(Cl)c2)C1O. The monoisotopic (exact) mass is 323 g/mol. The van der Waals surface area contributed by atoms with E-state index in [-0.39, 0.29) is 0 Å². The molecule has 0 radical (unpaired) electrons.